The minimum absolute atomic E-state index is 0.0226. The Morgan fingerprint density at radius 3 is 2.86 bits per heavy atom. The van der Waals surface area contributed by atoms with Crippen molar-refractivity contribution in [1.82, 2.24) is 9.55 Å². The fourth-order valence-electron chi connectivity index (χ4n) is 1.41. The number of para-hydroxylation sites is 1. The molecular formula is C10H9BrN2O. The Hall–Kier alpha value is -1.16. The first kappa shape index (κ1) is 9.40. The molecule has 3 nitrogen and oxygen atoms in total. The van der Waals surface area contributed by atoms with E-state index in [1.165, 1.54) is 4.57 Å². The third-order valence-electron chi connectivity index (χ3n) is 2.25. The summed E-state index contributed by atoms with van der Waals surface area (Å²) >= 11 is 3.25. The van der Waals surface area contributed by atoms with E-state index in [0.29, 0.717) is 10.1 Å². The second-order valence-corrected chi connectivity index (χ2v) is 3.93. The van der Waals surface area contributed by atoms with Crippen molar-refractivity contribution in [2.45, 2.75) is 6.92 Å². The van der Waals surface area contributed by atoms with Crippen molar-refractivity contribution in [3.8, 4) is 0 Å². The lowest BCUT2D eigenvalue weighted by Crippen LogP contribution is -2.19. The van der Waals surface area contributed by atoms with Gasteiger partial charge in [-0.05, 0) is 34.5 Å². The standard InChI is InChI=1S/C10H9BrN2O/c1-6-4-3-5-7-8(6)12-10(11)13(2)9(7)14/h3-5H,1-2H3. The van der Waals surface area contributed by atoms with Crippen LogP contribution in [0.5, 0.6) is 0 Å². The lowest BCUT2D eigenvalue weighted by Gasteiger charge is -2.05. The lowest BCUT2D eigenvalue weighted by atomic mass is 10.1. The van der Waals surface area contributed by atoms with Crippen LogP contribution in [0.25, 0.3) is 10.9 Å². The van der Waals surface area contributed by atoms with E-state index in [4.69, 9.17) is 0 Å². The predicted molar refractivity (Wildman–Crippen MR) is 59.4 cm³/mol. The zero-order valence-electron chi connectivity index (χ0n) is 7.91. The van der Waals surface area contributed by atoms with Gasteiger partial charge < -0.3 is 0 Å². The molecule has 0 aliphatic carbocycles. The molecule has 0 spiro atoms. The summed E-state index contributed by atoms with van der Waals surface area (Å²) in [5, 5.41) is 0.663. The summed E-state index contributed by atoms with van der Waals surface area (Å²) in [5.41, 5.74) is 1.76. The highest BCUT2D eigenvalue weighted by Crippen LogP contribution is 2.14. The number of hydrogen-bond donors (Lipinski definition) is 0. The molecular weight excluding hydrogens is 244 g/mol. The molecule has 0 N–H and O–H groups in total. The van der Waals surface area contributed by atoms with Crippen LogP contribution in [0, 0.1) is 6.92 Å². The van der Waals surface area contributed by atoms with Crippen LogP contribution in [-0.2, 0) is 7.05 Å². The summed E-state index contributed by atoms with van der Waals surface area (Å²) in [6, 6.07) is 5.61. The van der Waals surface area contributed by atoms with E-state index in [9.17, 15) is 4.79 Å². The van der Waals surface area contributed by atoms with Crippen molar-refractivity contribution in [3.63, 3.8) is 0 Å². The van der Waals surface area contributed by atoms with Gasteiger partial charge in [0.05, 0.1) is 10.9 Å². The normalized spacial score (nSPS) is 10.8. The van der Waals surface area contributed by atoms with Crippen molar-refractivity contribution >= 4 is 26.8 Å². The fraction of sp³-hybridized carbons (Fsp3) is 0.200. The number of aryl methyl sites for hydroxylation is 1. The highest BCUT2D eigenvalue weighted by molar-refractivity contribution is 9.10. The van der Waals surface area contributed by atoms with Gasteiger partial charge in [-0.2, -0.15) is 0 Å². The predicted octanol–water partition coefficient (Wildman–Crippen LogP) is 2.00. The number of nitrogens with zero attached hydrogens (tertiary/aromatic N) is 2. The Morgan fingerprint density at radius 2 is 2.14 bits per heavy atom. The molecule has 0 saturated heterocycles. The van der Waals surface area contributed by atoms with Crippen molar-refractivity contribution in [3.05, 3.63) is 38.9 Å². The van der Waals surface area contributed by atoms with Crippen LogP contribution in [0.1, 0.15) is 5.56 Å². The van der Waals surface area contributed by atoms with Gasteiger partial charge in [-0.15, -0.1) is 0 Å². The minimum Gasteiger partial charge on any atom is -0.290 e. The van der Waals surface area contributed by atoms with Crippen LogP contribution in [0.2, 0.25) is 0 Å². The first-order chi connectivity index (χ1) is 6.61. The lowest BCUT2D eigenvalue weighted by molar-refractivity contribution is 0.810. The molecule has 0 aliphatic heterocycles. The highest BCUT2D eigenvalue weighted by atomic mass is 79.9. The Morgan fingerprint density at radius 1 is 1.43 bits per heavy atom. The van der Waals surface area contributed by atoms with E-state index in [1.807, 2.05) is 19.1 Å². The van der Waals surface area contributed by atoms with E-state index in [-0.39, 0.29) is 5.56 Å². The molecule has 14 heavy (non-hydrogen) atoms. The van der Waals surface area contributed by atoms with Crippen LogP contribution in [-0.4, -0.2) is 9.55 Å². The quantitative estimate of drug-likeness (QED) is 0.673. The third-order valence-corrected chi connectivity index (χ3v) is 2.96. The van der Waals surface area contributed by atoms with Gasteiger partial charge in [0, 0.05) is 7.05 Å². The summed E-state index contributed by atoms with van der Waals surface area (Å²) in [6.07, 6.45) is 0. The molecule has 2 aromatic rings. The summed E-state index contributed by atoms with van der Waals surface area (Å²) in [5.74, 6) is 0. The van der Waals surface area contributed by atoms with E-state index in [1.54, 1.807) is 13.1 Å². The Bertz CT molecular complexity index is 560. The number of hydrogen-bond acceptors (Lipinski definition) is 2. The van der Waals surface area contributed by atoms with Crippen LogP contribution in [0.15, 0.2) is 27.7 Å². The van der Waals surface area contributed by atoms with Crippen LogP contribution in [0.3, 0.4) is 0 Å². The molecule has 0 atom stereocenters. The first-order valence-electron chi connectivity index (χ1n) is 4.23. The number of benzene rings is 1. The molecule has 0 unspecified atom stereocenters. The molecule has 0 aliphatic rings. The maximum absolute atomic E-state index is 11.8. The SMILES string of the molecule is Cc1cccc2c(=O)n(C)c(Br)nc12. The summed E-state index contributed by atoms with van der Waals surface area (Å²) in [7, 11) is 1.70. The van der Waals surface area contributed by atoms with Crippen molar-refractivity contribution in [1.29, 1.82) is 0 Å². The molecule has 4 heteroatoms. The van der Waals surface area contributed by atoms with Gasteiger partial charge in [-0.25, -0.2) is 4.98 Å². The zero-order valence-corrected chi connectivity index (χ0v) is 9.50. The van der Waals surface area contributed by atoms with Crippen LogP contribution < -0.4 is 5.56 Å². The second-order valence-electron chi connectivity index (χ2n) is 3.22. The summed E-state index contributed by atoms with van der Waals surface area (Å²) in [6.45, 7) is 1.95. The molecule has 1 heterocycles. The van der Waals surface area contributed by atoms with Gasteiger partial charge >= 0.3 is 0 Å². The smallest absolute Gasteiger partial charge is 0.261 e. The summed E-state index contributed by atoms with van der Waals surface area (Å²) < 4.78 is 2.05. The number of halogens is 1. The van der Waals surface area contributed by atoms with Crippen LogP contribution >= 0.6 is 15.9 Å². The molecule has 1 aromatic carbocycles. The molecule has 0 bridgehead atoms. The van der Waals surface area contributed by atoms with Gasteiger partial charge in [0.15, 0.2) is 4.73 Å². The first-order valence-corrected chi connectivity index (χ1v) is 5.02. The molecule has 1 aromatic heterocycles. The number of fused-ring (bicyclic) bond motifs is 1. The average molecular weight is 253 g/mol. The number of aromatic nitrogens is 2. The van der Waals surface area contributed by atoms with Crippen molar-refractivity contribution < 1.29 is 0 Å². The molecule has 72 valence electrons. The second kappa shape index (κ2) is 3.20. The average Bonchev–Trinajstić information content (AvgIpc) is 2.17. The zero-order chi connectivity index (χ0) is 10.3. The van der Waals surface area contributed by atoms with E-state index < -0.39 is 0 Å². The Balaban J connectivity index is 3.06. The number of rotatable bonds is 0. The minimum atomic E-state index is -0.0226. The van der Waals surface area contributed by atoms with E-state index in [0.717, 1.165) is 11.1 Å². The fourth-order valence-corrected chi connectivity index (χ4v) is 1.75. The topological polar surface area (TPSA) is 34.9 Å². The Kier molecular flexibility index (Phi) is 2.15. The van der Waals surface area contributed by atoms with Gasteiger partial charge in [0.2, 0.25) is 0 Å². The van der Waals surface area contributed by atoms with Gasteiger partial charge in [0.25, 0.3) is 5.56 Å². The van der Waals surface area contributed by atoms with E-state index in [2.05, 4.69) is 20.9 Å². The van der Waals surface area contributed by atoms with E-state index >= 15 is 0 Å². The van der Waals surface area contributed by atoms with Gasteiger partial charge in [-0.1, -0.05) is 12.1 Å². The maximum atomic E-state index is 11.8. The maximum Gasteiger partial charge on any atom is 0.261 e. The van der Waals surface area contributed by atoms with Crippen LogP contribution in [0.4, 0.5) is 0 Å². The van der Waals surface area contributed by atoms with Crippen molar-refractivity contribution in [2.24, 2.45) is 7.05 Å². The molecule has 0 amide bonds. The van der Waals surface area contributed by atoms with Gasteiger partial charge in [-0.3, -0.25) is 9.36 Å². The molecule has 0 radical (unpaired) electrons. The molecule has 0 saturated carbocycles. The molecule has 2 rings (SSSR count). The highest BCUT2D eigenvalue weighted by Gasteiger charge is 2.06. The largest absolute Gasteiger partial charge is 0.290 e. The molecule has 0 fully saturated rings. The third kappa shape index (κ3) is 1.26. The summed E-state index contributed by atoms with van der Waals surface area (Å²) in [4.78, 5) is 16.1. The Labute approximate surface area is 89.5 Å². The monoisotopic (exact) mass is 252 g/mol. The van der Waals surface area contributed by atoms with Gasteiger partial charge in [0.1, 0.15) is 0 Å². The van der Waals surface area contributed by atoms with Crippen molar-refractivity contribution in [2.75, 3.05) is 0 Å².